The van der Waals surface area contributed by atoms with Crippen molar-refractivity contribution < 1.29 is 18.0 Å². The second kappa shape index (κ2) is 11.5. The molecule has 3 aromatic carbocycles. The van der Waals surface area contributed by atoms with Crippen LogP contribution in [0.25, 0.3) is 10.9 Å². The van der Waals surface area contributed by atoms with Crippen molar-refractivity contribution in [2.24, 2.45) is 0 Å². The van der Waals surface area contributed by atoms with Gasteiger partial charge in [0.25, 0.3) is 10.0 Å². The highest BCUT2D eigenvalue weighted by Gasteiger charge is 2.17. The molecule has 9 nitrogen and oxygen atoms in total. The minimum Gasteiger partial charge on any atom is -0.337 e. The fourth-order valence-corrected chi connectivity index (χ4v) is 4.54. The van der Waals surface area contributed by atoms with Crippen LogP contribution in [0.5, 0.6) is 0 Å². The van der Waals surface area contributed by atoms with E-state index in [9.17, 15) is 18.0 Å². The zero-order valence-corrected chi connectivity index (χ0v) is 21.0. The number of carbonyl (C=O) groups excluding carboxylic acids is 2. The molecule has 190 valence electrons. The molecule has 4 rings (SSSR count). The van der Waals surface area contributed by atoms with Crippen LogP contribution in [0.2, 0.25) is 0 Å². The van der Waals surface area contributed by atoms with Gasteiger partial charge < -0.3 is 10.6 Å². The van der Waals surface area contributed by atoms with Gasteiger partial charge in [0.15, 0.2) is 0 Å². The zero-order chi connectivity index (χ0) is 26.3. The fourth-order valence-electron chi connectivity index (χ4n) is 3.61. The third-order valence-electron chi connectivity index (χ3n) is 5.68. The number of nitrogens with one attached hydrogen (secondary N) is 3. The number of carbonyl (C=O) groups is 2. The Labute approximate surface area is 215 Å². The molecule has 0 atom stereocenters. The van der Waals surface area contributed by atoms with Gasteiger partial charge in [0.05, 0.1) is 10.4 Å². The molecule has 37 heavy (non-hydrogen) atoms. The summed E-state index contributed by atoms with van der Waals surface area (Å²) < 4.78 is 27.1. The normalized spacial score (nSPS) is 11.1. The summed E-state index contributed by atoms with van der Waals surface area (Å²) >= 11 is 0. The molecule has 0 aliphatic carbocycles. The number of benzene rings is 3. The van der Waals surface area contributed by atoms with E-state index in [0.717, 1.165) is 22.0 Å². The van der Waals surface area contributed by atoms with Crippen LogP contribution in [0.15, 0.2) is 95.9 Å². The van der Waals surface area contributed by atoms with Crippen LogP contribution in [0.1, 0.15) is 11.1 Å². The van der Waals surface area contributed by atoms with Crippen LogP contribution >= 0.6 is 0 Å². The first-order valence-corrected chi connectivity index (χ1v) is 13.1. The zero-order valence-electron chi connectivity index (χ0n) is 20.2. The standard InChI is InChI=1S/C27H27N5O4S/c1-32(25-16-13-22-9-5-6-10-24(22)30-25)27(34)28-18-17-20-11-14-23(15-12-20)37(35,36)31-26(33)29-19-21-7-3-2-4-8-21/h2-16H,17-19H2,1H3,(H,28,34)(H2,29,31,33). The van der Waals surface area contributed by atoms with Gasteiger partial charge in [-0.15, -0.1) is 0 Å². The Balaban J connectivity index is 1.26. The molecule has 0 spiro atoms. The number of rotatable bonds is 8. The number of pyridine rings is 1. The molecule has 0 aliphatic rings. The average Bonchev–Trinajstić information content (AvgIpc) is 2.92. The summed E-state index contributed by atoms with van der Waals surface area (Å²) in [5.74, 6) is 0.533. The second-order valence-electron chi connectivity index (χ2n) is 8.32. The van der Waals surface area contributed by atoms with Gasteiger partial charge in [-0.2, -0.15) is 0 Å². The number of sulfonamides is 1. The van der Waals surface area contributed by atoms with Crippen molar-refractivity contribution in [3.63, 3.8) is 0 Å². The van der Waals surface area contributed by atoms with Gasteiger partial charge in [0.1, 0.15) is 5.82 Å². The van der Waals surface area contributed by atoms with Gasteiger partial charge in [-0.05, 0) is 47.9 Å². The SMILES string of the molecule is CN(C(=O)NCCc1ccc(S(=O)(=O)NC(=O)NCc2ccccc2)cc1)c1ccc2ccccc2n1. The number of aromatic nitrogens is 1. The van der Waals surface area contributed by atoms with E-state index in [0.29, 0.717) is 18.8 Å². The topological polar surface area (TPSA) is 121 Å². The van der Waals surface area contributed by atoms with Gasteiger partial charge in [-0.25, -0.2) is 27.7 Å². The molecule has 0 radical (unpaired) electrons. The number of urea groups is 2. The lowest BCUT2D eigenvalue weighted by Crippen LogP contribution is -2.39. The molecule has 4 amide bonds. The van der Waals surface area contributed by atoms with Gasteiger partial charge in [-0.3, -0.25) is 4.90 Å². The lowest BCUT2D eigenvalue weighted by atomic mass is 10.1. The van der Waals surface area contributed by atoms with Crippen molar-refractivity contribution in [3.8, 4) is 0 Å². The Hall–Kier alpha value is -4.44. The molecule has 0 bridgehead atoms. The first-order valence-electron chi connectivity index (χ1n) is 11.6. The van der Waals surface area contributed by atoms with Crippen LogP contribution < -0.4 is 20.3 Å². The molecule has 1 aromatic heterocycles. The molecule has 0 fully saturated rings. The maximum Gasteiger partial charge on any atom is 0.328 e. The number of fused-ring (bicyclic) bond motifs is 1. The number of hydrogen-bond acceptors (Lipinski definition) is 5. The largest absolute Gasteiger partial charge is 0.337 e. The Morgan fingerprint density at radius 1 is 0.811 bits per heavy atom. The highest BCUT2D eigenvalue weighted by Crippen LogP contribution is 2.17. The first-order chi connectivity index (χ1) is 17.8. The van der Waals surface area contributed by atoms with Gasteiger partial charge in [-0.1, -0.05) is 60.7 Å². The molecule has 3 N–H and O–H groups in total. The minimum atomic E-state index is -4.02. The minimum absolute atomic E-state index is 0.0303. The van der Waals surface area contributed by atoms with E-state index in [-0.39, 0.29) is 17.5 Å². The van der Waals surface area contributed by atoms with Crippen LogP contribution in [0.4, 0.5) is 15.4 Å². The van der Waals surface area contributed by atoms with E-state index < -0.39 is 16.1 Å². The van der Waals surface area contributed by atoms with Crippen molar-refractivity contribution in [1.82, 2.24) is 20.3 Å². The van der Waals surface area contributed by atoms with Crippen molar-refractivity contribution in [1.29, 1.82) is 0 Å². The van der Waals surface area contributed by atoms with E-state index >= 15 is 0 Å². The van der Waals surface area contributed by atoms with Gasteiger partial charge >= 0.3 is 12.1 Å². The maximum atomic E-state index is 12.6. The second-order valence-corrected chi connectivity index (χ2v) is 10.0. The molecule has 0 saturated heterocycles. The maximum absolute atomic E-state index is 12.6. The van der Waals surface area contributed by atoms with Crippen molar-refractivity contribution in [2.45, 2.75) is 17.9 Å². The smallest absolute Gasteiger partial charge is 0.328 e. The first kappa shape index (κ1) is 25.6. The highest BCUT2D eigenvalue weighted by molar-refractivity contribution is 7.90. The number of para-hydroxylation sites is 1. The van der Waals surface area contributed by atoms with Crippen molar-refractivity contribution >= 4 is 38.8 Å². The molecule has 10 heteroatoms. The summed E-state index contributed by atoms with van der Waals surface area (Å²) in [7, 11) is -2.37. The predicted molar refractivity (Wildman–Crippen MR) is 143 cm³/mol. The molecule has 0 unspecified atom stereocenters. The van der Waals surface area contributed by atoms with E-state index in [2.05, 4.69) is 15.6 Å². The summed E-state index contributed by atoms with van der Waals surface area (Å²) in [5.41, 5.74) is 2.49. The molecule has 4 aromatic rings. The summed E-state index contributed by atoms with van der Waals surface area (Å²) in [6.45, 7) is 0.557. The number of nitrogens with zero attached hydrogens (tertiary/aromatic N) is 2. The van der Waals surface area contributed by atoms with Crippen molar-refractivity contribution in [3.05, 3.63) is 102 Å². The predicted octanol–water partition coefficient (Wildman–Crippen LogP) is 3.81. The fraction of sp³-hybridized carbons (Fsp3) is 0.148. The third kappa shape index (κ3) is 6.83. The van der Waals surface area contributed by atoms with Crippen LogP contribution in [0.3, 0.4) is 0 Å². The summed E-state index contributed by atoms with van der Waals surface area (Å²) in [6, 6.07) is 25.6. The van der Waals surface area contributed by atoms with Gasteiger partial charge in [0.2, 0.25) is 0 Å². The summed E-state index contributed by atoms with van der Waals surface area (Å²) in [6.07, 6.45) is 0.496. The van der Waals surface area contributed by atoms with E-state index in [1.165, 1.54) is 17.0 Å². The highest BCUT2D eigenvalue weighted by atomic mass is 32.2. The quantitative estimate of drug-likeness (QED) is 0.328. The molecule has 1 heterocycles. The van der Waals surface area contributed by atoms with E-state index in [4.69, 9.17) is 0 Å². The number of hydrogen-bond donors (Lipinski definition) is 3. The monoisotopic (exact) mass is 517 g/mol. The Morgan fingerprint density at radius 2 is 1.51 bits per heavy atom. The van der Waals surface area contributed by atoms with Crippen molar-refractivity contribution in [2.75, 3.05) is 18.5 Å². The molecular formula is C27H27N5O4S. The Kier molecular flexibility index (Phi) is 7.99. The van der Waals surface area contributed by atoms with Crippen LogP contribution in [-0.2, 0) is 23.0 Å². The lowest BCUT2D eigenvalue weighted by Gasteiger charge is -2.17. The van der Waals surface area contributed by atoms with E-state index in [1.807, 2.05) is 65.4 Å². The summed E-state index contributed by atoms with van der Waals surface area (Å²) in [5, 5.41) is 6.36. The van der Waals surface area contributed by atoms with Crippen LogP contribution in [-0.4, -0.2) is 39.1 Å². The van der Waals surface area contributed by atoms with Gasteiger partial charge in [0, 0.05) is 25.5 Å². The Bertz CT molecular complexity index is 1490. The number of anilines is 1. The van der Waals surface area contributed by atoms with Crippen LogP contribution in [0, 0.1) is 0 Å². The number of amides is 4. The summed E-state index contributed by atoms with van der Waals surface area (Å²) in [4.78, 5) is 30.5. The Morgan fingerprint density at radius 3 is 2.27 bits per heavy atom. The van der Waals surface area contributed by atoms with E-state index in [1.54, 1.807) is 25.2 Å². The lowest BCUT2D eigenvalue weighted by molar-refractivity contribution is 0.245. The molecule has 0 aliphatic heterocycles. The molecule has 0 saturated carbocycles. The molecular weight excluding hydrogens is 490 g/mol. The average molecular weight is 518 g/mol. The third-order valence-corrected chi connectivity index (χ3v) is 7.03.